The van der Waals surface area contributed by atoms with Crippen molar-refractivity contribution in [2.24, 2.45) is 17.8 Å². The van der Waals surface area contributed by atoms with Crippen LogP contribution in [0.15, 0.2) is 24.3 Å². The summed E-state index contributed by atoms with van der Waals surface area (Å²) < 4.78 is 0. The van der Waals surface area contributed by atoms with Crippen molar-refractivity contribution in [1.29, 1.82) is 0 Å². The van der Waals surface area contributed by atoms with Gasteiger partial charge in [-0.05, 0) is 86.9 Å². The highest BCUT2D eigenvalue weighted by Crippen LogP contribution is 2.46. The number of hydrogen-bond acceptors (Lipinski definition) is 2. The second-order valence-corrected chi connectivity index (χ2v) is 9.52. The summed E-state index contributed by atoms with van der Waals surface area (Å²) in [6, 6.07) is 9.55. The van der Waals surface area contributed by atoms with E-state index in [1.807, 2.05) is 0 Å². The number of carbonyl (C=O) groups excluding carboxylic acids is 1. The number of benzene rings is 1. The number of rotatable bonds is 5. The minimum Gasteiger partial charge on any atom is -0.342 e. The molecular formula is C24H34N2O. The number of hydrogen-bond donors (Lipinski definition) is 0. The zero-order chi connectivity index (χ0) is 18.2. The zero-order valence-electron chi connectivity index (χ0n) is 16.6. The van der Waals surface area contributed by atoms with Gasteiger partial charge in [0, 0.05) is 25.6 Å². The molecule has 1 aromatic rings. The molecule has 5 rings (SSSR count). The van der Waals surface area contributed by atoms with E-state index in [1.54, 1.807) is 0 Å². The predicted molar refractivity (Wildman–Crippen MR) is 109 cm³/mol. The summed E-state index contributed by atoms with van der Waals surface area (Å²) in [7, 11) is 0. The monoisotopic (exact) mass is 366 g/mol. The van der Waals surface area contributed by atoms with Crippen molar-refractivity contribution in [3.05, 3.63) is 35.4 Å². The SMILES string of the molecule is O=C(C1CC1)N1CC2CCCC(c3ccc(CCN4CCCC4)cc3)C2C1. The molecule has 2 heterocycles. The van der Waals surface area contributed by atoms with Gasteiger partial charge in [-0.25, -0.2) is 0 Å². The van der Waals surface area contributed by atoms with Gasteiger partial charge < -0.3 is 9.80 Å². The van der Waals surface area contributed by atoms with Gasteiger partial charge in [-0.15, -0.1) is 0 Å². The number of nitrogens with zero attached hydrogens (tertiary/aromatic N) is 2. The third kappa shape index (κ3) is 3.81. The smallest absolute Gasteiger partial charge is 0.225 e. The minimum absolute atomic E-state index is 0.374. The highest BCUT2D eigenvalue weighted by atomic mass is 16.2. The van der Waals surface area contributed by atoms with Crippen LogP contribution in [-0.2, 0) is 11.2 Å². The molecule has 3 unspecified atom stereocenters. The molecule has 4 fully saturated rings. The Morgan fingerprint density at radius 3 is 2.44 bits per heavy atom. The van der Waals surface area contributed by atoms with E-state index in [2.05, 4.69) is 34.1 Å². The molecule has 2 aliphatic carbocycles. The molecule has 2 saturated heterocycles. The Hall–Kier alpha value is -1.35. The van der Waals surface area contributed by atoms with E-state index in [9.17, 15) is 4.79 Å². The van der Waals surface area contributed by atoms with Gasteiger partial charge in [-0.1, -0.05) is 30.7 Å². The molecule has 3 nitrogen and oxygen atoms in total. The summed E-state index contributed by atoms with van der Waals surface area (Å²) in [6.07, 6.45) is 10.2. The molecule has 1 amide bonds. The van der Waals surface area contributed by atoms with Crippen LogP contribution in [0.25, 0.3) is 0 Å². The van der Waals surface area contributed by atoms with Crippen molar-refractivity contribution in [1.82, 2.24) is 9.80 Å². The fraction of sp³-hybridized carbons (Fsp3) is 0.708. The van der Waals surface area contributed by atoms with Gasteiger partial charge in [0.25, 0.3) is 0 Å². The Balaban J connectivity index is 1.22. The zero-order valence-corrected chi connectivity index (χ0v) is 16.6. The van der Waals surface area contributed by atoms with Gasteiger partial charge in [0.05, 0.1) is 0 Å². The van der Waals surface area contributed by atoms with Crippen LogP contribution in [0.4, 0.5) is 0 Å². The number of amides is 1. The Morgan fingerprint density at radius 2 is 1.70 bits per heavy atom. The van der Waals surface area contributed by atoms with Crippen molar-refractivity contribution in [2.45, 2.75) is 57.3 Å². The molecule has 4 aliphatic rings. The molecule has 1 aromatic carbocycles. The summed E-state index contributed by atoms with van der Waals surface area (Å²) >= 11 is 0. The molecule has 2 saturated carbocycles. The van der Waals surface area contributed by atoms with Gasteiger partial charge >= 0.3 is 0 Å². The maximum Gasteiger partial charge on any atom is 0.225 e. The van der Waals surface area contributed by atoms with Crippen molar-refractivity contribution in [3.63, 3.8) is 0 Å². The van der Waals surface area contributed by atoms with Crippen LogP contribution in [0.5, 0.6) is 0 Å². The molecule has 3 heteroatoms. The lowest BCUT2D eigenvalue weighted by molar-refractivity contribution is -0.131. The third-order valence-electron chi connectivity index (χ3n) is 7.66. The van der Waals surface area contributed by atoms with Crippen LogP contribution in [-0.4, -0.2) is 48.4 Å². The average Bonchev–Trinajstić information content (AvgIpc) is 3.24. The Bertz CT molecular complexity index is 659. The normalized spacial score (nSPS) is 31.3. The highest BCUT2D eigenvalue weighted by molar-refractivity contribution is 5.81. The summed E-state index contributed by atoms with van der Waals surface area (Å²) in [5.74, 6) is 2.92. The Labute approximate surface area is 164 Å². The molecular weight excluding hydrogens is 332 g/mol. The Kier molecular flexibility index (Phi) is 4.98. The molecule has 0 radical (unpaired) electrons. The van der Waals surface area contributed by atoms with E-state index in [4.69, 9.17) is 0 Å². The van der Waals surface area contributed by atoms with Gasteiger partial charge in [0.15, 0.2) is 0 Å². The number of carbonyl (C=O) groups is 1. The summed E-state index contributed by atoms with van der Waals surface area (Å²) in [6.45, 7) is 5.84. The van der Waals surface area contributed by atoms with Crippen LogP contribution in [0.3, 0.4) is 0 Å². The van der Waals surface area contributed by atoms with Crippen LogP contribution in [0.1, 0.15) is 62.0 Å². The van der Waals surface area contributed by atoms with Crippen LogP contribution < -0.4 is 0 Å². The molecule has 0 spiro atoms. The van der Waals surface area contributed by atoms with E-state index in [0.717, 1.165) is 31.8 Å². The first kappa shape index (κ1) is 17.7. The molecule has 27 heavy (non-hydrogen) atoms. The first-order chi connectivity index (χ1) is 13.3. The standard InChI is InChI=1S/C24H34N2O/c27-24(20-10-11-20)26-16-21-4-3-5-22(23(21)17-26)19-8-6-18(7-9-19)12-15-25-13-1-2-14-25/h6-9,20-23H,1-5,10-17H2. The van der Waals surface area contributed by atoms with Gasteiger partial charge in [0.1, 0.15) is 0 Å². The lowest BCUT2D eigenvalue weighted by atomic mass is 9.71. The molecule has 0 N–H and O–H groups in total. The van der Waals surface area contributed by atoms with Crippen molar-refractivity contribution in [2.75, 3.05) is 32.7 Å². The first-order valence-electron chi connectivity index (χ1n) is 11.4. The van der Waals surface area contributed by atoms with Gasteiger partial charge in [-0.2, -0.15) is 0 Å². The number of fused-ring (bicyclic) bond motifs is 1. The second-order valence-electron chi connectivity index (χ2n) is 9.52. The molecule has 0 aromatic heterocycles. The maximum atomic E-state index is 12.5. The summed E-state index contributed by atoms with van der Waals surface area (Å²) in [4.78, 5) is 17.4. The van der Waals surface area contributed by atoms with Crippen molar-refractivity contribution in [3.8, 4) is 0 Å². The van der Waals surface area contributed by atoms with E-state index in [0.29, 0.717) is 23.7 Å². The van der Waals surface area contributed by atoms with Gasteiger partial charge in [-0.3, -0.25) is 4.79 Å². The van der Waals surface area contributed by atoms with Crippen molar-refractivity contribution >= 4 is 5.91 Å². The third-order valence-corrected chi connectivity index (χ3v) is 7.66. The lowest BCUT2D eigenvalue weighted by Gasteiger charge is -2.33. The second kappa shape index (κ2) is 7.58. The number of likely N-dealkylation sites (tertiary alicyclic amines) is 2. The van der Waals surface area contributed by atoms with E-state index < -0.39 is 0 Å². The molecule has 0 bridgehead atoms. The Morgan fingerprint density at radius 1 is 0.926 bits per heavy atom. The largest absolute Gasteiger partial charge is 0.342 e. The van der Waals surface area contributed by atoms with Crippen molar-refractivity contribution < 1.29 is 4.79 Å². The van der Waals surface area contributed by atoms with Crippen LogP contribution >= 0.6 is 0 Å². The summed E-state index contributed by atoms with van der Waals surface area (Å²) in [5, 5.41) is 0. The van der Waals surface area contributed by atoms with E-state index in [1.165, 1.54) is 69.3 Å². The fourth-order valence-corrected chi connectivity index (χ4v) is 5.88. The maximum absolute atomic E-state index is 12.5. The molecule has 146 valence electrons. The highest BCUT2D eigenvalue weighted by Gasteiger charge is 2.44. The minimum atomic E-state index is 0.374. The van der Waals surface area contributed by atoms with E-state index in [-0.39, 0.29) is 0 Å². The van der Waals surface area contributed by atoms with Gasteiger partial charge in [0.2, 0.25) is 5.91 Å². The van der Waals surface area contributed by atoms with Crippen LogP contribution in [0.2, 0.25) is 0 Å². The first-order valence-corrected chi connectivity index (χ1v) is 11.4. The lowest BCUT2D eigenvalue weighted by Crippen LogP contribution is -2.30. The average molecular weight is 367 g/mol. The quantitative estimate of drug-likeness (QED) is 0.784. The fourth-order valence-electron chi connectivity index (χ4n) is 5.88. The molecule has 3 atom stereocenters. The topological polar surface area (TPSA) is 23.6 Å². The summed E-state index contributed by atoms with van der Waals surface area (Å²) in [5.41, 5.74) is 3.00. The van der Waals surface area contributed by atoms with E-state index >= 15 is 0 Å². The molecule has 2 aliphatic heterocycles. The van der Waals surface area contributed by atoms with Crippen LogP contribution in [0, 0.1) is 17.8 Å². The predicted octanol–water partition coefficient (Wildman–Crippen LogP) is 4.08.